The molecule has 0 aromatic heterocycles. The molecule has 0 aromatic rings. The molecule has 0 radical (unpaired) electrons. The van der Waals surface area contributed by atoms with Gasteiger partial charge in [0, 0.05) is 25.7 Å². The first kappa shape index (κ1) is 14.3. The summed E-state index contributed by atoms with van der Waals surface area (Å²) >= 11 is 0. The number of rotatable bonds is 5. The smallest absolute Gasteiger partial charge is 0.320 e. The highest BCUT2D eigenvalue weighted by Gasteiger charge is 2.21. The van der Waals surface area contributed by atoms with Crippen molar-refractivity contribution >= 4 is 6.03 Å². The molecule has 0 rings (SSSR count). The summed E-state index contributed by atoms with van der Waals surface area (Å²) in [4.78, 5) is 16.0. The van der Waals surface area contributed by atoms with E-state index in [4.69, 9.17) is 0 Å². The maximum absolute atomic E-state index is 12.1. The van der Waals surface area contributed by atoms with E-state index < -0.39 is 0 Å². The number of amides is 2. The fourth-order valence-electron chi connectivity index (χ4n) is 1.58. The third-order valence-corrected chi connectivity index (χ3v) is 2.46. The van der Waals surface area contributed by atoms with Crippen molar-refractivity contribution in [2.75, 3.05) is 19.6 Å². The first-order chi connectivity index (χ1) is 6.93. The topological polar surface area (TPSA) is 23.6 Å². The molecule has 0 aliphatic heterocycles. The number of carbonyl (C=O) groups excluding carboxylic acids is 1. The van der Waals surface area contributed by atoms with E-state index in [2.05, 4.69) is 27.7 Å². The molecule has 0 saturated carbocycles. The summed E-state index contributed by atoms with van der Waals surface area (Å²) in [6.45, 7) is 14.9. The lowest BCUT2D eigenvalue weighted by atomic mass is 10.2. The summed E-state index contributed by atoms with van der Waals surface area (Å²) in [5, 5.41) is 0. The SMILES string of the molecule is CCN(CC)C(=O)N(CC(C)C)C(C)C. The van der Waals surface area contributed by atoms with Gasteiger partial charge in [0.25, 0.3) is 0 Å². The van der Waals surface area contributed by atoms with Gasteiger partial charge in [0.2, 0.25) is 0 Å². The van der Waals surface area contributed by atoms with Crippen molar-refractivity contribution in [2.45, 2.75) is 47.6 Å². The van der Waals surface area contributed by atoms with Crippen molar-refractivity contribution in [2.24, 2.45) is 5.92 Å². The van der Waals surface area contributed by atoms with Gasteiger partial charge < -0.3 is 9.80 Å². The highest BCUT2D eigenvalue weighted by atomic mass is 16.2. The third kappa shape index (κ3) is 4.54. The number of nitrogens with zero attached hydrogens (tertiary/aromatic N) is 2. The number of urea groups is 1. The molecular weight excluding hydrogens is 188 g/mol. The van der Waals surface area contributed by atoms with Crippen LogP contribution in [0, 0.1) is 5.92 Å². The molecule has 0 heterocycles. The molecule has 15 heavy (non-hydrogen) atoms. The molecule has 0 saturated heterocycles. The van der Waals surface area contributed by atoms with E-state index in [0.717, 1.165) is 19.6 Å². The normalized spacial score (nSPS) is 10.9. The molecule has 0 aliphatic rings. The predicted octanol–water partition coefficient (Wildman–Crippen LogP) is 2.81. The Kier molecular flexibility index (Phi) is 6.37. The van der Waals surface area contributed by atoms with Crippen LogP contribution < -0.4 is 0 Å². The van der Waals surface area contributed by atoms with Crippen molar-refractivity contribution < 1.29 is 4.79 Å². The van der Waals surface area contributed by atoms with E-state index >= 15 is 0 Å². The highest BCUT2D eigenvalue weighted by Crippen LogP contribution is 2.08. The van der Waals surface area contributed by atoms with Gasteiger partial charge in [0.1, 0.15) is 0 Å². The average molecular weight is 214 g/mol. The maximum Gasteiger partial charge on any atom is 0.320 e. The van der Waals surface area contributed by atoms with E-state index in [1.165, 1.54) is 0 Å². The second-order valence-electron chi connectivity index (χ2n) is 4.59. The molecule has 0 aromatic carbocycles. The Bertz CT molecular complexity index is 186. The van der Waals surface area contributed by atoms with Crippen LogP contribution in [0.3, 0.4) is 0 Å². The molecule has 0 atom stereocenters. The van der Waals surface area contributed by atoms with Gasteiger partial charge in [-0.15, -0.1) is 0 Å². The van der Waals surface area contributed by atoms with Gasteiger partial charge in [-0.05, 0) is 33.6 Å². The van der Waals surface area contributed by atoms with Gasteiger partial charge in [-0.25, -0.2) is 4.79 Å². The fourth-order valence-corrected chi connectivity index (χ4v) is 1.58. The Hall–Kier alpha value is -0.730. The van der Waals surface area contributed by atoms with Gasteiger partial charge in [-0.3, -0.25) is 0 Å². The third-order valence-electron chi connectivity index (χ3n) is 2.46. The second kappa shape index (κ2) is 6.70. The quantitative estimate of drug-likeness (QED) is 0.690. The molecule has 2 amide bonds. The van der Waals surface area contributed by atoms with Crippen LogP contribution in [-0.2, 0) is 0 Å². The van der Waals surface area contributed by atoms with E-state index in [1.807, 2.05) is 23.6 Å². The summed E-state index contributed by atoms with van der Waals surface area (Å²) in [5.41, 5.74) is 0. The molecule has 0 fully saturated rings. The van der Waals surface area contributed by atoms with Crippen molar-refractivity contribution in [1.82, 2.24) is 9.80 Å². The minimum absolute atomic E-state index is 0.170. The lowest BCUT2D eigenvalue weighted by Crippen LogP contribution is -2.47. The molecule has 0 spiro atoms. The average Bonchev–Trinajstić information content (AvgIpc) is 2.15. The first-order valence-electron chi connectivity index (χ1n) is 5.99. The molecule has 0 aliphatic carbocycles. The van der Waals surface area contributed by atoms with E-state index in [9.17, 15) is 4.79 Å². The number of carbonyl (C=O) groups is 1. The molecular formula is C12H26N2O. The standard InChI is InChI=1S/C12H26N2O/c1-7-13(8-2)12(15)14(11(5)6)9-10(3)4/h10-11H,7-9H2,1-6H3. The van der Waals surface area contributed by atoms with Gasteiger partial charge in [0.15, 0.2) is 0 Å². The van der Waals surface area contributed by atoms with Crippen molar-refractivity contribution in [3.05, 3.63) is 0 Å². The van der Waals surface area contributed by atoms with Gasteiger partial charge in [-0.1, -0.05) is 13.8 Å². The molecule has 0 bridgehead atoms. The van der Waals surface area contributed by atoms with Crippen LogP contribution in [0.1, 0.15) is 41.5 Å². The lowest BCUT2D eigenvalue weighted by molar-refractivity contribution is 0.137. The minimum atomic E-state index is 0.170. The number of hydrogen-bond acceptors (Lipinski definition) is 1. The van der Waals surface area contributed by atoms with Crippen molar-refractivity contribution in [3.8, 4) is 0 Å². The van der Waals surface area contributed by atoms with Crippen LogP contribution in [0.25, 0.3) is 0 Å². The Balaban J connectivity index is 4.53. The summed E-state index contributed by atoms with van der Waals surface area (Å²) < 4.78 is 0. The number of hydrogen-bond donors (Lipinski definition) is 0. The van der Waals surface area contributed by atoms with Gasteiger partial charge >= 0.3 is 6.03 Å². The van der Waals surface area contributed by atoms with Crippen LogP contribution in [0.5, 0.6) is 0 Å². The maximum atomic E-state index is 12.1. The van der Waals surface area contributed by atoms with Crippen LogP contribution in [0.2, 0.25) is 0 Å². The minimum Gasteiger partial charge on any atom is -0.325 e. The molecule has 0 N–H and O–H groups in total. The van der Waals surface area contributed by atoms with Crippen molar-refractivity contribution in [1.29, 1.82) is 0 Å². The highest BCUT2D eigenvalue weighted by molar-refractivity contribution is 5.74. The van der Waals surface area contributed by atoms with E-state index in [-0.39, 0.29) is 12.1 Å². The Labute approximate surface area is 94.4 Å². The Morgan fingerprint density at radius 1 is 1.07 bits per heavy atom. The van der Waals surface area contributed by atoms with Gasteiger partial charge in [0.05, 0.1) is 0 Å². The van der Waals surface area contributed by atoms with Gasteiger partial charge in [-0.2, -0.15) is 0 Å². The van der Waals surface area contributed by atoms with Crippen molar-refractivity contribution in [3.63, 3.8) is 0 Å². The van der Waals surface area contributed by atoms with Crippen LogP contribution >= 0.6 is 0 Å². The molecule has 3 nitrogen and oxygen atoms in total. The zero-order chi connectivity index (χ0) is 12.0. The van der Waals surface area contributed by atoms with Crippen LogP contribution in [0.15, 0.2) is 0 Å². The van der Waals surface area contributed by atoms with Crippen LogP contribution in [0.4, 0.5) is 4.79 Å². The van der Waals surface area contributed by atoms with E-state index in [0.29, 0.717) is 5.92 Å². The summed E-state index contributed by atoms with van der Waals surface area (Å²) in [7, 11) is 0. The monoisotopic (exact) mass is 214 g/mol. The Morgan fingerprint density at radius 3 is 1.80 bits per heavy atom. The summed E-state index contributed by atoms with van der Waals surface area (Å²) in [5.74, 6) is 0.520. The van der Waals surface area contributed by atoms with Crippen LogP contribution in [-0.4, -0.2) is 41.5 Å². The first-order valence-corrected chi connectivity index (χ1v) is 5.99. The summed E-state index contributed by atoms with van der Waals surface area (Å²) in [6.07, 6.45) is 0. The predicted molar refractivity (Wildman–Crippen MR) is 65.0 cm³/mol. The lowest BCUT2D eigenvalue weighted by Gasteiger charge is -2.33. The fraction of sp³-hybridized carbons (Fsp3) is 0.917. The molecule has 3 heteroatoms. The largest absolute Gasteiger partial charge is 0.325 e. The zero-order valence-electron chi connectivity index (χ0n) is 11.1. The summed E-state index contributed by atoms with van der Waals surface area (Å²) in [6, 6.07) is 0.448. The molecule has 90 valence electrons. The van der Waals surface area contributed by atoms with E-state index in [1.54, 1.807) is 0 Å². The zero-order valence-corrected chi connectivity index (χ0v) is 11.1. The molecule has 0 unspecified atom stereocenters. The second-order valence-corrected chi connectivity index (χ2v) is 4.59. The Morgan fingerprint density at radius 2 is 1.53 bits per heavy atom.